The van der Waals surface area contributed by atoms with Crippen LogP contribution in [0.4, 0.5) is 11.4 Å². The molecule has 4 rings (SSSR count). The van der Waals surface area contributed by atoms with Gasteiger partial charge in [0.25, 0.3) is 0 Å². The van der Waals surface area contributed by atoms with Gasteiger partial charge in [0.15, 0.2) is 0 Å². The quantitative estimate of drug-likeness (QED) is 0.769. The Kier molecular flexibility index (Phi) is 4.32. The van der Waals surface area contributed by atoms with Crippen LogP contribution in [0.2, 0.25) is 0 Å². The van der Waals surface area contributed by atoms with Gasteiger partial charge in [-0.05, 0) is 42.3 Å². The van der Waals surface area contributed by atoms with Crippen LogP contribution in [0.15, 0.2) is 47.1 Å². The van der Waals surface area contributed by atoms with Crippen molar-refractivity contribution in [3.8, 4) is 5.75 Å². The fourth-order valence-corrected chi connectivity index (χ4v) is 3.51. The number of furan rings is 1. The van der Waals surface area contributed by atoms with Gasteiger partial charge in [0.1, 0.15) is 11.3 Å². The average molecular weight is 364 g/mol. The van der Waals surface area contributed by atoms with Gasteiger partial charge in [0.2, 0.25) is 11.8 Å². The number of hydrogen-bond donors (Lipinski definition) is 1. The van der Waals surface area contributed by atoms with Crippen molar-refractivity contribution in [2.24, 2.45) is 0 Å². The molecule has 0 saturated heterocycles. The van der Waals surface area contributed by atoms with Gasteiger partial charge in [-0.25, -0.2) is 0 Å². The van der Waals surface area contributed by atoms with Crippen LogP contribution in [-0.2, 0) is 22.4 Å². The van der Waals surface area contributed by atoms with E-state index in [1.807, 2.05) is 30.3 Å². The van der Waals surface area contributed by atoms with Crippen LogP contribution >= 0.6 is 0 Å². The fourth-order valence-electron chi connectivity index (χ4n) is 3.51. The Bertz CT molecular complexity index is 1040. The van der Waals surface area contributed by atoms with Gasteiger partial charge < -0.3 is 19.4 Å². The first-order chi connectivity index (χ1) is 13.0. The standard InChI is InChI=1S/C21H20N2O4/c1-13(24)23-8-7-14-9-16(3-6-19(14)23)22-21(25)10-15-12-27-20-11-17(26-2)4-5-18(15)20/h3-6,9,11-12H,7-8,10H2,1-2H3,(H,22,25). The number of amides is 2. The largest absolute Gasteiger partial charge is 0.497 e. The summed E-state index contributed by atoms with van der Waals surface area (Å²) in [5, 5.41) is 3.83. The van der Waals surface area contributed by atoms with Gasteiger partial charge in [0.05, 0.1) is 19.8 Å². The highest BCUT2D eigenvalue weighted by Gasteiger charge is 2.22. The zero-order valence-corrected chi connectivity index (χ0v) is 15.2. The number of anilines is 2. The van der Waals surface area contributed by atoms with Crippen molar-refractivity contribution in [2.75, 3.05) is 23.9 Å². The molecule has 1 aromatic heterocycles. The number of carbonyl (C=O) groups excluding carboxylic acids is 2. The Morgan fingerprint density at radius 2 is 2.07 bits per heavy atom. The lowest BCUT2D eigenvalue weighted by Gasteiger charge is -2.15. The summed E-state index contributed by atoms with van der Waals surface area (Å²) >= 11 is 0. The van der Waals surface area contributed by atoms with Crippen LogP contribution in [0.1, 0.15) is 18.1 Å². The molecule has 2 aromatic carbocycles. The van der Waals surface area contributed by atoms with E-state index in [9.17, 15) is 9.59 Å². The molecule has 0 aliphatic carbocycles. The summed E-state index contributed by atoms with van der Waals surface area (Å²) in [5.41, 5.74) is 4.26. The van der Waals surface area contributed by atoms with Crippen molar-refractivity contribution in [3.05, 3.63) is 53.8 Å². The minimum atomic E-state index is -0.116. The molecule has 27 heavy (non-hydrogen) atoms. The molecule has 1 aliphatic heterocycles. The summed E-state index contributed by atoms with van der Waals surface area (Å²) in [5.74, 6) is 0.634. The molecule has 138 valence electrons. The minimum Gasteiger partial charge on any atom is -0.497 e. The van der Waals surface area contributed by atoms with Gasteiger partial charge in [-0.3, -0.25) is 9.59 Å². The maximum atomic E-state index is 12.5. The van der Waals surface area contributed by atoms with Gasteiger partial charge >= 0.3 is 0 Å². The fraction of sp³-hybridized carbons (Fsp3) is 0.238. The molecule has 6 heteroatoms. The van der Waals surface area contributed by atoms with Crippen LogP contribution in [0, 0.1) is 0 Å². The molecule has 0 bridgehead atoms. The third-order valence-corrected chi connectivity index (χ3v) is 4.85. The summed E-state index contributed by atoms with van der Waals surface area (Å²) in [4.78, 5) is 25.9. The van der Waals surface area contributed by atoms with Crippen molar-refractivity contribution in [3.63, 3.8) is 0 Å². The van der Waals surface area contributed by atoms with Crippen molar-refractivity contribution < 1.29 is 18.7 Å². The van der Waals surface area contributed by atoms with Crippen molar-refractivity contribution in [1.82, 2.24) is 0 Å². The number of methoxy groups -OCH3 is 1. The normalized spacial score (nSPS) is 12.9. The van der Waals surface area contributed by atoms with Gasteiger partial charge in [-0.1, -0.05) is 0 Å². The molecule has 1 aliphatic rings. The van der Waals surface area contributed by atoms with Gasteiger partial charge in [-0.2, -0.15) is 0 Å². The zero-order valence-electron chi connectivity index (χ0n) is 15.2. The molecule has 0 fully saturated rings. The topological polar surface area (TPSA) is 71.8 Å². The van der Waals surface area contributed by atoms with E-state index in [0.29, 0.717) is 17.9 Å². The van der Waals surface area contributed by atoms with E-state index in [0.717, 1.165) is 34.3 Å². The molecule has 0 unspecified atom stereocenters. The van der Waals surface area contributed by atoms with Crippen LogP contribution in [0.25, 0.3) is 11.0 Å². The lowest BCUT2D eigenvalue weighted by atomic mass is 10.1. The Balaban J connectivity index is 1.48. The number of rotatable bonds is 4. The second-order valence-electron chi connectivity index (χ2n) is 6.61. The minimum absolute atomic E-state index is 0.0361. The first-order valence-corrected chi connectivity index (χ1v) is 8.80. The van der Waals surface area contributed by atoms with E-state index >= 15 is 0 Å². The van der Waals surface area contributed by atoms with Crippen molar-refractivity contribution >= 4 is 34.2 Å². The van der Waals surface area contributed by atoms with Crippen LogP contribution < -0.4 is 15.0 Å². The summed E-state index contributed by atoms with van der Waals surface area (Å²) in [6, 6.07) is 11.2. The summed E-state index contributed by atoms with van der Waals surface area (Å²) in [7, 11) is 1.60. The number of carbonyl (C=O) groups is 2. The van der Waals surface area contributed by atoms with Gasteiger partial charge in [0, 0.05) is 41.9 Å². The summed E-state index contributed by atoms with van der Waals surface area (Å²) in [6.07, 6.45) is 2.62. The maximum absolute atomic E-state index is 12.5. The van der Waals surface area contributed by atoms with Gasteiger partial charge in [-0.15, -0.1) is 0 Å². The Morgan fingerprint density at radius 1 is 1.22 bits per heavy atom. The average Bonchev–Trinajstić information content (AvgIpc) is 3.25. The van der Waals surface area contributed by atoms with E-state index in [1.54, 1.807) is 31.3 Å². The van der Waals surface area contributed by atoms with E-state index in [2.05, 4.69) is 5.32 Å². The van der Waals surface area contributed by atoms with E-state index in [-0.39, 0.29) is 18.2 Å². The maximum Gasteiger partial charge on any atom is 0.228 e. The number of hydrogen-bond acceptors (Lipinski definition) is 4. The number of nitrogens with one attached hydrogen (secondary N) is 1. The molecule has 0 spiro atoms. The third-order valence-electron chi connectivity index (χ3n) is 4.85. The Labute approximate surface area is 156 Å². The lowest BCUT2D eigenvalue weighted by Crippen LogP contribution is -2.25. The molecule has 2 heterocycles. The van der Waals surface area contributed by atoms with Crippen LogP contribution in [-0.4, -0.2) is 25.5 Å². The number of ether oxygens (including phenoxy) is 1. The Hall–Kier alpha value is -3.28. The van der Waals surface area contributed by atoms with E-state index in [4.69, 9.17) is 9.15 Å². The summed E-state index contributed by atoms with van der Waals surface area (Å²) in [6.45, 7) is 2.25. The first-order valence-electron chi connectivity index (χ1n) is 8.80. The molecule has 1 N–H and O–H groups in total. The van der Waals surface area contributed by atoms with Crippen molar-refractivity contribution in [2.45, 2.75) is 19.8 Å². The molecule has 0 radical (unpaired) electrons. The van der Waals surface area contributed by atoms with E-state index in [1.165, 1.54) is 0 Å². The molecule has 0 saturated carbocycles. The molecular formula is C21H20N2O4. The van der Waals surface area contributed by atoms with Crippen LogP contribution in [0.5, 0.6) is 5.75 Å². The summed E-state index contributed by atoms with van der Waals surface area (Å²) < 4.78 is 10.7. The number of benzene rings is 2. The molecular weight excluding hydrogens is 344 g/mol. The first kappa shape index (κ1) is 17.1. The van der Waals surface area contributed by atoms with Crippen molar-refractivity contribution in [1.29, 1.82) is 0 Å². The Morgan fingerprint density at radius 3 is 2.85 bits per heavy atom. The zero-order chi connectivity index (χ0) is 19.0. The second-order valence-corrected chi connectivity index (χ2v) is 6.61. The highest BCUT2D eigenvalue weighted by Crippen LogP contribution is 2.31. The third kappa shape index (κ3) is 3.26. The SMILES string of the molecule is COc1ccc2c(CC(=O)Nc3ccc4c(c3)CCN4C(C)=O)coc2c1. The highest BCUT2D eigenvalue weighted by molar-refractivity contribution is 5.97. The molecule has 6 nitrogen and oxygen atoms in total. The second kappa shape index (κ2) is 6.79. The van der Waals surface area contributed by atoms with E-state index < -0.39 is 0 Å². The lowest BCUT2D eigenvalue weighted by molar-refractivity contribution is -0.117. The molecule has 0 atom stereocenters. The predicted octanol–water partition coefficient (Wildman–Crippen LogP) is 3.53. The molecule has 3 aromatic rings. The predicted molar refractivity (Wildman–Crippen MR) is 103 cm³/mol. The highest BCUT2D eigenvalue weighted by atomic mass is 16.5. The number of nitrogens with zero attached hydrogens (tertiary/aromatic N) is 1. The van der Waals surface area contributed by atoms with Crippen LogP contribution in [0.3, 0.4) is 0 Å². The monoisotopic (exact) mass is 364 g/mol. The smallest absolute Gasteiger partial charge is 0.228 e. The number of fused-ring (bicyclic) bond motifs is 2. The molecule has 2 amide bonds.